The Kier molecular flexibility index (Phi) is 9.21. The van der Waals surface area contributed by atoms with Gasteiger partial charge in [-0.3, -0.25) is 0 Å². The van der Waals surface area contributed by atoms with Crippen molar-refractivity contribution in [3.63, 3.8) is 0 Å². The minimum atomic E-state index is -1.62. The number of methoxy groups -OCH3 is 1. The topological polar surface area (TPSA) is 27.7 Å². The van der Waals surface area contributed by atoms with Crippen LogP contribution in [0, 0.1) is 5.92 Å². The summed E-state index contributed by atoms with van der Waals surface area (Å²) in [6.45, 7) is 16.7. The first-order chi connectivity index (χ1) is 9.56. The van der Waals surface area contributed by atoms with Crippen molar-refractivity contribution in [3.8, 4) is 0 Å². The third-order valence-electron chi connectivity index (χ3n) is 4.75. The molecule has 0 saturated heterocycles. The third-order valence-corrected chi connectivity index (χ3v) is 7.74. The molecule has 0 fully saturated rings. The van der Waals surface area contributed by atoms with Crippen molar-refractivity contribution in [1.82, 2.24) is 0 Å². The summed E-state index contributed by atoms with van der Waals surface area (Å²) in [5, 5.41) is 0. The van der Waals surface area contributed by atoms with Crippen LogP contribution < -0.4 is 0 Å². The van der Waals surface area contributed by atoms with E-state index in [0.29, 0.717) is 5.92 Å². The highest BCUT2D eigenvalue weighted by Crippen LogP contribution is 2.41. The van der Waals surface area contributed by atoms with Crippen molar-refractivity contribution in [3.05, 3.63) is 0 Å². The van der Waals surface area contributed by atoms with E-state index in [0.717, 1.165) is 25.9 Å². The predicted molar refractivity (Wildman–Crippen MR) is 101 cm³/mol. The summed E-state index contributed by atoms with van der Waals surface area (Å²) in [6, 6.07) is 0. The van der Waals surface area contributed by atoms with E-state index >= 15 is 0 Å². The van der Waals surface area contributed by atoms with Gasteiger partial charge in [-0.25, -0.2) is 0 Å². The molecular formula is C15H38O3Si3. The Balaban J connectivity index is 5.01. The molecule has 3 unspecified atom stereocenters. The molecule has 128 valence electrons. The maximum atomic E-state index is 6.57. The third kappa shape index (κ3) is 6.27. The van der Waals surface area contributed by atoms with Gasteiger partial charge in [0.2, 0.25) is 0 Å². The monoisotopic (exact) mass is 350 g/mol. The fourth-order valence-electron chi connectivity index (χ4n) is 3.05. The van der Waals surface area contributed by atoms with Crippen molar-refractivity contribution in [1.29, 1.82) is 0 Å². The van der Waals surface area contributed by atoms with E-state index in [9.17, 15) is 0 Å². The highest BCUT2D eigenvalue weighted by Gasteiger charge is 2.49. The van der Waals surface area contributed by atoms with Crippen LogP contribution in [0.5, 0.6) is 0 Å². The highest BCUT2D eigenvalue weighted by atomic mass is 29.1. The maximum absolute atomic E-state index is 6.57. The summed E-state index contributed by atoms with van der Waals surface area (Å²) in [7, 11) is 1.33. The summed E-state index contributed by atoms with van der Waals surface area (Å²) in [6.07, 6.45) is 3.23. The van der Waals surface area contributed by atoms with Gasteiger partial charge >= 0.3 is 0 Å². The van der Waals surface area contributed by atoms with Crippen LogP contribution in [0.2, 0.25) is 19.6 Å². The Morgan fingerprint density at radius 3 is 2.19 bits per heavy atom. The van der Waals surface area contributed by atoms with E-state index in [1.165, 1.54) is 9.76 Å². The number of hydrogen-bond donors (Lipinski definition) is 0. The molecule has 0 N–H and O–H groups in total. The van der Waals surface area contributed by atoms with Crippen molar-refractivity contribution >= 4 is 27.4 Å². The van der Waals surface area contributed by atoms with Crippen molar-refractivity contribution in [2.45, 2.75) is 77.8 Å². The van der Waals surface area contributed by atoms with Gasteiger partial charge in [0.15, 0.2) is 8.32 Å². The Morgan fingerprint density at radius 2 is 1.81 bits per heavy atom. The summed E-state index contributed by atoms with van der Waals surface area (Å²) in [4.78, 5) is 0. The summed E-state index contributed by atoms with van der Waals surface area (Å²) in [5.41, 5.74) is -0.501. The molecule has 0 aromatic heterocycles. The normalized spacial score (nSPS) is 20.6. The molecule has 0 bridgehead atoms. The molecule has 0 heterocycles. The Labute approximate surface area is 138 Å². The first kappa shape index (κ1) is 21.5. The second-order valence-corrected chi connectivity index (χ2v) is 14.5. The standard InChI is InChI=1S/C15H38O3Si3/c1-9-14(3,18-21(6,7)8)15(4,16-5)13(2)11-10-12-17-20-19/h13H,9-12,20H2,1-8,19H3. The van der Waals surface area contributed by atoms with Crippen LogP contribution in [0.3, 0.4) is 0 Å². The molecule has 0 rings (SSSR count). The van der Waals surface area contributed by atoms with E-state index in [1.807, 2.05) is 7.11 Å². The van der Waals surface area contributed by atoms with Crippen LogP contribution in [-0.4, -0.2) is 52.3 Å². The van der Waals surface area contributed by atoms with E-state index in [2.05, 4.69) is 47.3 Å². The van der Waals surface area contributed by atoms with Crippen molar-refractivity contribution < 1.29 is 13.6 Å². The first-order valence-corrected chi connectivity index (χ1v) is 18.0. The maximum Gasteiger partial charge on any atom is 0.184 e. The van der Waals surface area contributed by atoms with Gasteiger partial charge in [-0.2, -0.15) is 0 Å². The minimum Gasteiger partial charge on any atom is -0.428 e. The minimum absolute atomic E-state index is 0.137. The van der Waals surface area contributed by atoms with Crippen LogP contribution in [0.1, 0.15) is 47.0 Å². The molecule has 0 aliphatic carbocycles. The fraction of sp³-hybridized carbons (Fsp3) is 1.00. The van der Waals surface area contributed by atoms with Gasteiger partial charge in [0.1, 0.15) is 9.28 Å². The van der Waals surface area contributed by atoms with E-state index in [1.54, 1.807) is 0 Å². The molecule has 0 aromatic carbocycles. The van der Waals surface area contributed by atoms with Crippen LogP contribution in [-0.2, 0) is 13.6 Å². The SMILES string of the molecule is CCC(C)(O[Si](C)(C)C)C(C)(OC)C(C)CCCO[SiH2][SiH3]. The van der Waals surface area contributed by atoms with E-state index < -0.39 is 8.32 Å². The quantitative estimate of drug-likeness (QED) is 0.422. The molecular weight excluding hydrogens is 312 g/mol. The van der Waals surface area contributed by atoms with Gasteiger partial charge in [0.25, 0.3) is 0 Å². The average molecular weight is 351 g/mol. The first-order valence-electron chi connectivity index (χ1n) is 8.39. The van der Waals surface area contributed by atoms with Gasteiger partial charge in [-0.15, -0.1) is 0 Å². The van der Waals surface area contributed by atoms with Crippen LogP contribution in [0.15, 0.2) is 0 Å². The zero-order chi connectivity index (χ0) is 16.7. The van der Waals surface area contributed by atoms with Crippen LogP contribution in [0.25, 0.3) is 0 Å². The highest BCUT2D eigenvalue weighted by molar-refractivity contribution is 6.85. The molecule has 21 heavy (non-hydrogen) atoms. The zero-order valence-electron chi connectivity index (χ0n) is 15.8. The molecule has 0 amide bonds. The number of hydrogen-bond acceptors (Lipinski definition) is 3. The Bertz CT molecular complexity index is 296. The smallest absolute Gasteiger partial charge is 0.184 e. The summed E-state index contributed by atoms with van der Waals surface area (Å²) < 4.78 is 18.3. The Hall–Kier alpha value is 0.531. The molecule has 0 aliphatic heterocycles. The molecule has 0 spiro atoms. The van der Waals surface area contributed by atoms with Crippen LogP contribution in [0.4, 0.5) is 0 Å². The van der Waals surface area contributed by atoms with E-state index in [-0.39, 0.29) is 20.5 Å². The molecule has 3 atom stereocenters. The molecule has 0 aromatic rings. The largest absolute Gasteiger partial charge is 0.428 e. The van der Waals surface area contributed by atoms with Gasteiger partial charge in [-0.1, -0.05) is 13.8 Å². The van der Waals surface area contributed by atoms with Gasteiger partial charge in [-0.05, 0) is 58.7 Å². The summed E-state index contributed by atoms with van der Waals surface area (Å²) >= 11 is 0. The van der Waals surface area contributed by atoms with Crippen molar-refractivity contribution in [2.75, 3.05) is 13.7 Å². The lowest BCUT2D eigenvalue weighted by Gasteiger charge is -2.51. The Morgan fingerprint density at radius 1 is 1.24 bits per heavy atom. The molecule has 6 heteroatoms. The van der Waals surface area contributed by atoms with Crippen LogP contribution >= 0.6 is 0 Å². The zero-order valence-corrected chi connectivity index (χ0v) is 20.3. The van der Waals surface area contributed by atoms with Gasteiger partial charge < -0.3 is 13.6 Å². The average Bonchev–Trinajstić information content (AvgIpc) is 2.40. The molecule has 0 saturated carbocycles. The van der Waals surface area contributed by atoms with E-state index in [4.69, 9.17) is 13.6 Å². The second kappa shape index (κ2) is 8.98. The van der Waals surface area contributed by atoms with Crippen molar-refractivity contribution in [2.24, 2.45) is 5.92 Å². The fourth-order valence-corrected chi connectivity index (χ4v) is 6.11. The molecule has 0 aliphatic rings. The number of ether oxygens (including phenoxy) is 1. The number of rotatable bonds is 11. The molecule has 0 radical (unpaired) electrons. The summed E-state index contributed by atoms with van der Waals surface area (Å²) in [5.74, 6) is 0.447. The second-order valence-electron chi connectivity index (χ2n) is 7.35. The van der Waals surface area contributed by atoms with Gasteiger partial charge in [0.05, 0.1) is 11.2 Å². The molecule has 3 nitrogen and oxygen atoms in total. The van der Waals surface area contributed by atoms with Gasteiger partial charge in [0, 0.05) is 23.5 Å². The lowest BCUT2D eigenvalue weighted by Crippen LogP contribution is -2.60. The lowest BCUT2D eigenvalue weighted by molar-refractivity contribution is -0.171. The lowest BCUT2D eigenvalue weighted by atomic mass is 9.73. The predicted octanol–water partition coefficient (Wildman–Crippen LogP) is 2.21.